The van der Waals surface area contributed by atoms with Crippen LogP contribution in [0.5, 0.6) is 5.75 Å². The van der Waals surface area contributed by atoms with Crippen molar-refractivity contribution in [1.82, 2.24) is 19.6 Å². The topological polar surface area (TPSA) is 112 Å². The lowest BCUT2D eigenvalue weighted by Gasteiger charge is -2.37. The smallest absolute Gasteiger partial charge is 0.410 e. The van der Waals surface area contributed by atoms with E-state index in [0.29, 0.717) is 82.5 Å². The van der Waals surface area contributed by atoms with Crippen molar-refractivity contribution in [2.75, 3.05) is 70.3 Å². The number of carbonyl (C=O) groups is 4. The van der Waals surface area contributed by atoms with Gasteiger partial charge in [-0.15, -0.1) is 0 Å². The highest BCUT2D eigenvalue weighted by Crippen LogP contribution is 2.39. The second-order valence-electron chi connectivity index (χ2n) is 17.3. The zero-order valence-electron chi connectivity index (χ0n) is 33.4. The number of nitrogens with zero attached hydrogens (tertiary/aromatic N) is 5. The number of halogens is 1. The van der Waals surface area contributed by atoms with Crippen LogP contribution in [0.4, 0.5) is 15.3 Å². The third-order valence-corrected chi connectivity index (χ3v) is 11.1. The second-order valence-corrected chi connectivity index (χ2v) is 18.2. The maximum Gasteiger partial charge on any atom is 0.410 e. The molecule has 0 bridgehead atoms. The van der Waals surface area contributed by atoms with Gasteiger partial charge in [0.05, 0.1) is 6.54 Å². The lowest BCUT2D eigenvalue weighted by atomic mass is 9.83. The molecule has 3 aliphatic heterocycles. The van der Waals surface area contributed by atoms with Gasteiger partial charge in [0.2, 0.25) is 0 Å². The Bertz CT molecular complexity index is 1720. The number of amides is 4. The Kier molecular flexibility index (Phi) is 12.6. The molecule has 300 valence electrons. The van der Waals surface area contributed by atoms with Crippen LogP contribution in [0.15, 0.2) is 40.9 Å². The summed E-state index contributed by atoms with van der Waals surface area (Å²) in [6.45, 7) is 16.3. The van der Waals surface area contributed by atoms with Crippen molar-refractivity contribution in [3.05, 3.63) is 57.6 Å². The second kappa shape index (κ2) is 17.0. The fourth-order valence-corrected chi connectivity index (χ4v) is 8.33. The van der Waals surface area contributed by atoms with E-state index in [9.17, 15) is 19.2 Å². The Morgan fingerprint density at radius 3 is 1.78 bits per heavy atom. The van der Waals surface area contributed by atoms with Crippen LogP contribution in [0.3, 0.4) is 0 Å². The summed E-state index contributed by atoms with van der Waals surface area (Å²) in [5, 5.41) is 0. The van der Waals surface area contributed by atoms with Crippen molar-refractivity contribution in [2.45, 2.75) is 103 Å². The first-order valence-electron chi connectivity index (χ1n) is 19.9. The third kappa shape index (κ3) is 10.7. The first-order chi connectivity index (χ1) is 26.0. The van der Waals surface area contributed by atoms with E-state index in [2.05, 4.69) is 20.8 Å². The number of anilines is 1. The molecule has 3 heterocycles. The Hall–Kier alpha value is -4.00. The highest BCUT2D eigenvalue weighted by Gasteiger charge is 2.33. The van der Waals surface area contributed by atoms with Crippen LogP contribution >= 0.6 is 15.9 Å². The van der Waals surface area contributed by atoms with Crippen LogP contribution in [0.2, 0.25) is 0 Å². The molecule has 4 fully saturated rings. The van der Waals surface area contributed by atoms with Crippen molar-refractivity contribution in [1.29, 1.82) is 0 Å². The molecular formula is C42H58BrN5O7. The minimum absolute atomic E-state index is 0.0389. The zero-order valence-corrected chi connectivity index (χ0v) is 35.0. The highest BCUT2D eigenvalue weighted by atomic mass is 79.9. The average Bonchev–Trinajstić information content (AvgIpc) is 3.62. The van der Waals surface area contributed by atoms with Crippen LogP contribution < -0.4 is 9.64 Å². The summed E-state index contributed by atoms with van der Waals surface area (Å²) < 4.78 is 18.5. The number of ether oxygens (including phenoxy) is 3. The number of likely N-dealkylation sites (tertiary alicyclic amines) is 1. The van der Waals surface area contributed by atoms with Crippen molar-refractivity contribution in [3.8, 4) is 5.75 Å². The number of hydrogen-bond acceptors (Lipinski definition) is 8. The normalized spacial score (nSPS) is 20.1. The predicted octanol–water partition coefficient (Wildman–Crippen LogP) is 7.54. The lowest BCUT2D eigenvalue weighted by Crippen LogP contribution is -2.51. The molecule has 4 amide bonds. The van der Waals surface area contributed by atoms with Crippen LogP contribution in [0.1, 0.15) is 112 Å². The van der Waals surface area contributed by atoms with Crippen molar-refractivity contribution >= 4 is 45.6 Å². The van der Waals surface area contributed by atoms with Crippen molar-refractivity contribution in [2.24, 2.45) is 0 Å². The molecule has 2 aromatic rings. The van der Waals surface area contributed by atoms with Gasteiger partial charge in [0.25, 0.3) is 11.8 Å². The van der Waals surface area contributed by atoms with Crippen LogP contribution in [0.25, 0.3) is 0 Å². The summed E-state index contributed by atoms with van der Waals surface area (Å²) in [5.41, 5.74) is 2.12. The predicted molar refractivity (Wildman–Crippen MR) is 215 cm³/mol. The molecule has 1 atom stereocenters. The largest absolute Gasteiger partial charge is 0.488 e. The summed E-state index contributed by atoms with van der Waals surface area (Å²) in [5.74, 6) is 1.01. The molecule has 55 heavy (non-hydrogen) atoms. The van der Waals surface area contributed by atoms with Gasteiger partial charge in [-0.25, -0.2) is 9.59 Å². The van der Waals surface area contributed by atoms with Crippen LogP contribution in [0, 0.1) is 0 Å². The van der Waals surface area contributed by atoms with Gasteiger partial charge in [0.15, 0.2) is 0 Å². The van der Waals surface area contributed by atoms with Gasteiger partial charge in [-0.2, -0.15) is 0 Å². The molecule has 0 N–H and O–H groups in total. The number of piperazine rings is 2. The summed E-state index contributed by atoms with van der Waals surface area (Å²) >= 11 is 3.61. The van der Waals surface area contributed by atoms with E-state index < -0.39 is 11.2 Å². The van der Waals surface area contributed by atoms with Crippen LogP contribution in [-0.2, 0) is 9.47 Å². The Morgan fingerprint density at radius 1 is 0.618 bits per heavy atom. The molecular weight excluding hydrogens is 766 g/mol. The summed E-state index contributed by atoms with van der Waals surface area (Å²) in [6.07, 6.45) is 5.60. The van der Waals surface area contributed by atoms with Gasteiger partial charge in [0.1, 0.15) is 23.1 Å². The SMILES string of the molecule is CC(C)(C)OC(=O)N1CCN(c2cc(Br)cc(C(=O)N3CCN(C(=O)c4ccc(O[C@H]5CCN(C(=O)OC(C)(C)C)C5)c(C5CCCCC5)c4)CC3)c2)CC1. The van der Waals surface area contributed by atoms with E-state index in [4.69, 9.17) is 14.2 Å². The third-order valence-electron chi connectivity index (χ3n) is 10.7. The molecule has 12 nitrogen and oxygen atoms in total. The monoisotopic (exact) mass is 823 g/mol. The summed E-state index contributed by atoms with van der Waals surface area (Å²) in [7, 11) is 0. The van der Waals surface area contributed by atoms with Gasteiger partial charge in [-0.1, -0.05) is 35.2 Å². The van der Waals surface area contributed by atoms with E-state index >= 15 is 0 Å². The quantitative estimate of drug-likeness (QED) is 0.294. The molecule has 6 rings (SSSR count). The molecule has 13 heteroatoms. The van der Waals surface area contributed by atoms with Gasteiger partial charge >= 0.3 is 12.2 Å². The van der Waals surface area contributed by atoms with E-state index in [-0.39, 0.29) is 30.1 Å². The van der Waals surface area contributed by atoms with Gasteiger partial charge < -0.3 is 38.7 Å². The van der Waals surface area contributed by atoms with Crippen molar-refractivity contribution < 1.29 is 33.4 Å². The summed E-state index contributed by atoms with van der Waals surface area (Å²) in [4.78, 5) is 62.3. The highest BCUT2D eigenvalue weighted by molar-refractivity contribution is 9.10. The number of hydrogen-bond donors (Lipinski definition) is 0. The first-order valence-corrected chi connectivity index (χ1v) is 20.7. The Morgan fingerprint density at radius 2 is 1.18 bits per heavy atom. The van der Waals surface area contributed by atoms with Gasteiger partial charge in [-0.05, 0) is 102 Å². The van der Waals surface area contributed by atoms with Gasteiger partial charge in [0, 0.05) is 86.6 Å². The van der Waals surface area contributed by atoms with Gasteiger partial charge in [-0.3, -0.25) is 9.59 Å². The van der Waals surface area contributed by atoms with E-state index in [1.54, 1.807) is 9.80 Å². The minimum atomic E-state index is -0.553. The maximum absolute atomic E-state index is 13.9. The molecule has 0 spiro atoms. The lowest BCUT2D eigenvalue weighted by molar-refractivity contribution is 0.0238. The molecule has 3 saturated heterocycles. The summed E-state index contributed by atoms with van der Waals surface area (Å²) in [6, 6.07) is 11.6. The average molecular weight is 825 g/mol. The number of carbonyl (C=O) groups excluding carboxylic acids is 4. The fourth-order valence-electron chi connectivity index (χ4n) is 7.85. The zero-order chi connectivity index (χ0) is 39.5. The Balaban J connectivity index is 1.06. The maximum atomic E-state index is 13.9. The number of benzene rings is 2. The molecule has 4 aliphatic rings. The van der Waals surface area contributed by atoms with Crippen LogP contribution in [-0.4, -0.2) is 126 Å². The molecule has 1 aliphatic carbocycles. The first kappa shape index (κ1) is 40.7. The Labute approximate surface area is 334 Å². The van der Waals surface area contributed by atoms with E-state index in [1.165, 1.54) is 6.42 Å². The molecule has 1 saturated carbocycles. The number of rotatable bonds is 6. The van der Waals surface area contributed by atoms with E-state index in [0.717, 1.165) is 53.6 Å². The fraction of sp³-hybridized carbons (Fsp3) is 0.619. The van der Waals surface area contributed by atoms with E-state index in [1.807, 2.05) is 87.7 Å². The molecule has 0 radical (unpaired) electrons. The minimum Gasteiger partial charge on any atom is -0.488 e. The van der Waals surface area contributed by atoms with Crippen molar-refractivity contribution in [3.63, 3.8) is 0 Å². The molecule has 0 aromatic heterocycles. The molecule has 2 aromatic carbocycles. The standard InChI is InChI=1S/C42H58BrN5O7/c1-41(2,3)54-39(51)47-22-16-44(17-23-47)33-25-31(24-32(43)27-33)38(50)46-20-18-45(19-21-46)37(49)30-12-13-36(35(26-30)29-10-8-7-9-11-29)53-34-14-15-48(28-34)40(52)55-42(4,5)6/h12-13,24-27,29,34H,7-11,14-23,28H2,1-6H3/t34-/m0/s1. The molecule has 0 unspecified atom stereocenters.